The molecular weight excluding hydrogens is 702 g/mol. The van der Waals surface area contributed by atoms with E-state index < -0.39 is 8.16 Å². The number of nitrogens with zero attached hydrogens (tertiary/aromatic N) is 1. The van der Waals surface area contributed by atoms with Crippen LogP contribution < -0.4 is 4.67 Å². The minimum Gasteiger partial charge on any atom is -0.408 e. The third-order valence-electron chi connectivity index (χ3n) is 11.4. The fourth-order valence-electron chi connectivity index (χ4n) is 7.88. The molecule has 6 aromatic carbocycles. The Morgan fingerprint density at radius 2 is 0.786 bits per heavy atom. The average molecular weight is 764 g/mol. The van der Waals surface area contributed by atoms with Crippen molar-refractivity contribution in [3.8, 4) is 0 Å². The lowest BCUT2D eigenvalue weighted by Gasteiger charge is -2.36. The highest BCUT2D eigenvalue weighted by atomic mass is 31.1. The predicted octanol–water partition coefficient (Wildman–Crippen LogP) is 15.9. The van der Waals surface area contributed by atoms with E-state index in [0.29, 0.717) is 0 Å². The zero-order chi connectivity index (χ0) is 40.5. The highest BCUT2D eigenvalue weighted by molar-refractivity contribution is 7.39. The van der Waals surface area contributed by atoms with Crippen LogP contribution in [0, 0.1) is 0 Å². The van der Waals surface area contributed by atoms with E-state index in [-0.39, 0.29) is 33.7 Å². The van der Waals surface area contributed by atoms with Crippen molar-refractivity contribution in [2.45, 2.75) is 131 Å². The Kier molecular flexibility index (Phi) is 10.2. The Balaban J connectivity index is 1.65. The van der Waals surface area contributed by atoms with Crippen LogP contribution in [-0.2, 0) is 21.7 Å². The summed E-state index contributed by atoms with van der Waals surface area (Å²) in [6.07, 6.45) is 0. The molecule has 0 N–H and O–H groups in total. The predicted molar refractivity (Wildman–Crippen MR) is 244 cm³/mol. The average Bonchev–Trinajstić information content (AvgIpc) is 3.29. The van der Waals surface area contributed by atoms with Crippen molar-refractivity contribution >= 4 is 51.6 Å². The zero-order valence-electron chi connectivity index (χ0n) is 36.3. The third-order valence-corrected chi connectivity index (χ3v) is 13.1. The molecule has 0 aliphatic heterocycles. The van der Waals surface area contributed by atoms with Crippen LogP contribution in [0.4, 0.5) is 0 Å². The van der Waals surface area contributed by atoms with Crippen LogP contribution in [-0.4, -0.2) is 6.04 Å². The van der Waals surface area contributed by atoms with Gasteiger partial charge in [-0.3, -0.25) is 0 Å². The van der Waals surface area contributed by atoms with Gasteiger partial charge in [0.25, 0.3) is 0 Å². The van der Waals surface area contributed by atoms with E-state index in [2.05, 4.69) is 211 Å². The highest BCUT2D eigenvalue weighted by Gasteiger charge is 2.34. The molecule has 0 saturated heterocycles. The molecule has 1 heterocycles. The van der Waals surface area contributed by atoms with Gasteiger partial charge in [-0.15, -0.1) is 0 Å². The molecule has 0 bridgehead atoms. The molecule has 4 heteroatoms. The van der Waals surface area contributed by atoms with Crippen molar-refractivity contribution < 1.29 is 8.39 Å². The summed E-state index contributed by atoms with van der Waals surface area (Å²) >= 11 is 0. The number of benzene rings is 6. The van der Waals surface area contributed by atoms with Gasteiger partial charge in [0.05, 0.1) is 6.04 Å². The molecule has 0 atom stereocenters. The van der Waals surface area contributed by atoms with Crippen molar-refractivity contribution in [2.75, 3.05) is 4.67 Å². The molecule has 0 fully saturated rings. The maximum atomic E-state index is 7.40. The van der Waals surface area contributed by atoms with E-state index in [1.54, 1.807) is 0 Å². The van der Waals surface area contributed by atoms with E-state index in [9.17, 15) is 0 Å². The zero-order valence-corrected chi connectivity index (χ0v) is 37.2. The SMILES string of the molecule is CC(C)N(C(c1cc(C(C)(C)C)cc(C(C)(C)C)c1)c1cc(C(C)(C)C)cc(C(C)(C)C)c1)p1oc2ccc3ccccc3c2c2c(ccc3ccccc32)o1. The van der Waals surface area contributed by atoms with Crippen molar-refractivity contribution in [3.05, 3.63) is 143 Å². The number of fused-ring (bicyclic) bond motifs is 7. The summed E-state index contributed by atoms with van der Waals surface area (Å²) in [6, 6.07) is 40.6. The first-order valence-electron chi connectivity index (χ1n) is 20.4. The van der Waals surface area contributed by atoms with E-state index in [4.69, 9.17) is 8.39 Å². The second kappa shape index (κ2) is 14.3. The van der Waals surface area contributed by atoms with Gasteiger partial charge in [-0.25, -0.2) is 0 Å². The second-order valence-electron chi connectivity index (χ2n) is 20.3. The van der Waals surface area contributed by atoms with Gasteiger partial charge < -0.3 is 8.39 Å². The quantitative estimate of drug-likeness (QED) is 0.175. The van der Waals surface area contributed by atoms with Crippen LogP contribution in [0.1, 0.15) is 136 Å². The van der Waals surface area contributed by atoms with Gasteiger partial charge in [0.15, 0.2) is 0 Å². The highest BCUT2D eigenvalue weighted by Crippen LogP contribution is 2.49. The molecule has 1 aromatic heterocycles. The summed E-state index contributed by atoms with van der Waals surface area (Å²) in [5.74, 6) is 0. The second-order valence-corrected chi connectivity index (χ2v) is 21.6. The summed E-state index contributed by atoms with van der Waals surface area (Å²) in [5.41, 5.74) is 9.38. The van der Waals surface area contributed by atoms with E-state index in [1.165, 1.54) is 44.2 Å². The van der Waals surface area contributed by atoms with Crippen molar-refractivity contribution in [1.82, 2.24) is 0 Å². The largest absolute Gasteiger partial charge is 0.408 e. The fourth-order valence-corrected chi connectivity index (χ4v) is 9.58. The summed E-state index contributed by atoms with van der Waals surface area (Å²) in [5, 5.41) is 6.87. The van der Waals surface area contributed by atoms with E-state index in [0.717, 1.165) is 32.7 Å². The lowest BCUT2D eigenvalue weighted by Crippen LogP contribution is -2.34. The topological polar surface area (TPSA) is 29.5 Å². The Labute approximate surface area is 336 Å². The van der Waals surface area contributed by atoms with Crippen LogP contribution in [0.15, 0.2) is 118 Å². The smallest absolute Gasteiger partial charge is 0.310 e. The molecule has 0 saturated carbocycles. The van der Waals surface area contributed by atoms with Crippen LogP contribution in [0.2, 0.25) is 0 Å². The maximum Gasteiger partial charge on any atom is 0.310 e. The molecule has 7 rings (SSSR count). The van der Waals surface area contributed by atoms with Gasteiger partial charge in [-0.05, 0) is 103 Å². The van der Waals surface area contributed by atoms with Crippen molar-refractivity contribution in [1.29, 1.82) is 0 Å². The number of hydrogen-bond donors (Lipinski definition) is 0. The molecule has 0 radical (unpaired) electrons. The van der Waals surface area contributed by atoms with E-state index >= 15 is 0 Å². The number of rotatable bonds is 5. The molecule has 292 valence electrons. The normalized spacial score (nSPS) is 13.3. The molecule has 0 unspecified atom stereocenters. The Morgan fingerprint density at radius 3 is 1.11 bits per heavy atom. The first kappa shape index (κ1) is 39.9. The lowest BCUT2D eigenvalue weighted by atomic mass is 9.76. The van der Waals surface area contributed by atoms with Crippen molar-refractivity contribution in [3.63, 3.8) is 0 Å². The van der Waals surface area contributed by atoms with Crippen LogP contribution >= 0.6 is 8.16 Å². The standard InChI is InChI=1S/C52H62NO2P/c1-33(2)53(56-54-44-25-23-34-19-15-17-21-42(34)46(44)47-43-22-18-16-20-35(43)24-26-45(47)55-56)48(36-27-38(49(3,4)5)31-39(28-36)50(6,7)8)37-29-40(51(9,10)11)32-41(30-37)52(12,13)14/h15-33,48H,1-14H3. The van der Waals surface area contributed by atoms with Gasteiger partial charge in [0, 0.05) is 16.8 Å². The van der Waals surface area contributed by atoms with Crippen molar-refractivity contribution in [2.24, 2.45) is 0 Å². The van der Waals surface area contributed by atoms with Gasteiger partial charge in [-0.1, -0.05) is 180 Å². The Hall–Kier alpha value is -4.30. The molecule has 3 nitrogen and oxygen atoms in total. The van der Waals surface area contributed by atoms with E-state index in [1.807, 2.05) is 0 Å². The van der Waals surface area contributed by atoms with Gasteiger partial charge >= 0.3 is 8.16 Å². The number of hydrogen-bond acceptors (Lipinski definition) is 3. The molecular formula is C52H62NO2P. The molecule has 7 aromatic rings. The first-order chi connectivity index (χ1) is 26.1. The molecule has 0 aliphatic carbocycles. The summed E-state index contributed by atoms with van der Waals surface area (Å²) in [7, 11) is -1.69. The lowest BCUT2D eigenvalue weighted by molar-refractivity contribution is 0.551. The van der Waals surface area contributed by atoms with Crippen LogP contribution in [0.3, 0.4) is 0 Å². The molecule has 56 heavy (non-hydrogen) atoms. The fraction of sp³-hybridized carbons (Fsp3) is 0.385. The minimum absolute atomic E-state index is 0.0479. The molecule has 0 amide bonds. The maximum absolute atomic E-state index is 7.40. The molecule has 0 aliphatic rings. The summed E-state index contributed by atoms with van der Waals surface area (Å²) in [4.78, 5) is 0. The van der Waals surface area contributed by atoms with Gasteiger partial charge in [-0.2, -0.15) is 4.67 Å². The monoisotopic (exact) mass is 763 g/mol. The Morgan fingerprint density at radius 1 is 0.446 bits per heavy atom. The minimum atomic E-state index is -1.69. The van der Waals surface area contributed by atoms with Crippen LogP contribution in [0.5, 0.6) is 0 Å². The Bertz CT molecular complexity index is 2380. The summed E-state index contributed by atoms with van der Waals surface area (Å²) in [6.45, 7) is 32.5. The van der Waals surface area contributed by atoms with Gasteiger partial charge in [0.2, 0.25) is 0 Å². The summed E-state index contributed by atoms with van der Waals surface area (Å²) < 4.78 is 17.3. The third kappa shape index (κ3) is 7.70. The van der Waals surface area contributed by atoms with Crippen LogP contribution in [0.25, 0.3) is 43.5 Å². The van der Waals surface area contributed by atoms with Gasteiger partial charge in [0.1, 0.15) is 11.2 Å². The molecule has 0 spiro atoms. The first-order valence-corrected chi connectivity index (χ1v) is 21.5.